The third-order valence-corrected chi connectivity index (χ3v) is 5.28. The quantitative estimate of drug-likeness (QED) is 0.159. The summed E-state index contributed by atoms with van der Waals surface area (Å²) in [5.74, 6) is 0. The van der Waals surface area contributed by atoms with Crippen LogP contribution in [0.5, 0.6) is 0 Å². The Labute approximate surface area is 194 Å². The minimum absolute atomic E-state index is 0.407. The summed E-state index contributed by atoms with van der Waals surface area (Å²) < 4.78 is 0. The smallest absolute Gasteiger partial charge is 0.252 e. The lowest BCUT2D eigenvalue weighted by atomic mass is 10.1. The topological polar surface area (TPSA) is 38.3 Å². The number of anilines is 1. The molecule has 0 spiro atoms. The zero-order valence-corrected chi connectivity index (χ0v) is 19.9. The van der Waals surface area contributed by atoms with Crippen LogP contribution in [0.1, 0.15) is 94.3 Å². The van der Waals surface area contributed by atoms with Crippen molar-refractivity contribution in [2.45, 2.75) is 84.0 Å². The second kappa shape index (κ2) is 20.1. The zero-order chi connectivity index (χ0) is 22.4. The van der Waals surface area contributed by atoms with Gasteiger partial charge in [0.15, 0.2) is 0 Å². The maximum atomic E-state index is 10.4. The van der Waals surface area contributed by atoms with Crippen molar-refractivity contribution in [1.82, 2.24) is 0 Å². The van der Waals surface area contributed by atoms with E-state index in [2.05, 4.69) is 12.4 Å². The molecule has 0 heterocycles. The van der Waals surface area contributed by atoms with Crippen molar-refractivity contribution in [3.8, 4) is 0 Å². The lowest BCUT2D eigenvalue weighted by Gasteiger charge is -2.06. The third-order valence-electron chi connectivity index (χ3n) is 5.06. The Morgan fingerprint density at radius 2 is 1.16 bits per heavy atom. The summed E-state index contributed by atoms with van der Waals surface area (Å²) in [6.07, 6.45) is 16.6. The Balaban J connectivity index is 0.000000442. The van der Waals surface area contributed by atoms with E-state index in [0.717, 1.165) is 18.7 Å². The fourth-order valence-electron chi connectivity index (χ4n) is 3.22. The van der Waals surface area contributed by atoms with Crippen LogP contribution in [0.15, 0.2) is 60.7 Å². The Morgan fingerprint density at radius 1 is 0.710 bits per heavy atom. The van der Waals surface area contributed by atoms with Gasteiger partial charge in [0.1, 0.15) is 0 Å². The van der Waals surface area contributed by atoms with Gasteiger partial charge >= 0.3 is 0 Å². The van der Waals surface area contributed by atoms with Gasteiger partial charge in [-0.15, -0.1) is 0 Å². The number of carbonyl (C=O) groups excluding carboxylic acids is 1. The molecule has 0 radical (unpaired) electrons. The van der Waals surface area contributed by atoms with Crippen LogP contribution in [0.25, 0.3) is 0 Å². The van der Waals surface area contributed by atoms with E-state index in [1.165, 1.54) is 70.6 Å². The van der Waals surface area contributed by atoms with Crippen molar-refractivity contribution in [2.75, 3.05) is 12.1 Å². The maximum Gasteiger partial charge on any atom is 0.252 e. The van der Waals surface area contributed by atoms with Crippen molar-refractivity contribution < 1.29 is 9.63 Å². The second-order valence-corrected chi connectivity index (χ2v) is 8.19. The highest BCUT2D eigenvalue weighted by molar-refractivity contribution is 6.67. The molecule has 2 aromatic rings. The van der Waals surface area contributed by atoms with E-state index >= 15 is 0 Å². The Kier molecular flexibility index (Phi) is 17.6. The molecule has 0 amide bonds. The largest absolute Gasteiger partial charge is 0.276 e. The first-order chi connectivity index (χ1) is 15.2. The summed E-state index contributed by atoms with van der Waals surface area (Å²) >= 11 is 5.16. The molecule has 0 unspecified atom stereocenters. The average molecular weight is 446 g/mol. The Bertz CT molecular complexity index is 649. The van der Waals surface area contributed by atoms with Gasteiger partial charge in [0.2, 0.25) is 0 Å². The maximum absolute atomic E-state index is 10.4. The number of carbonyl (C=O) groups is 1. The van der Waals surface area contributed by atoms with E-state index in [9.17, 15) is 4.79 Å². The monoisotopic (exact) mass is 445 g/mol. The van der Waals surface area contributed by atoms with Crippen molar-refractivity contribution in [3.05, 3.63) is 66.2 Å². The molecule has 0 bridgehead atoms. The molecule has 1 N–H and O–H groups in total. The molecule has 2 aromatic carbocycles. The number of hydrogen-bond donors (Lipinski definition) is 1. The molecule has 4 heteroatoms. The van der Waals surface area contributed by atoms with Crippen molar-refractivity contribution in [3.63, 3.8) is 0 Å². The van der Waals surface area contributed by atoms with Gasteiger partial charge < -0.3 is 0 Å². The highest BCUT2D eigenvalue weighted by Crippen LogP contribution is 2.12. The van der Waals surface area contributed by atoms with Crippen molar-refractivity contribution >= 4 is 22.5 Å². The van der Waals surface area contributed by atoms with Crippen molar-refractivity contribution in [1.29, 1.82) is 0 Å². The molecule has 0 fully saturated rings. The number of nitrogens with one attached hydrogen (secondary N) is 1. The lowest BCUT2D eigenvalue weighted by molar-refractivity contribution is 0.108. The van der Waals surface area contributed by atoms with E-state index in [4.69, 9.17) is 16.4 Å². The SMILES string of the molecule is CCCCCCCCCCCCCCONc1ccccc1.O=C(Cl)c1ccccc1. The zero-order valence-electron chi connectivity index (χ0n) is 19.2. The van der Waals surface area contributed by atoms with Crippen LogP contribution < -0.4 is 5.48 Å². The van der Waals surface area contributed by atoms with Gasteiger partial charge in [0, 0.05) is 5.56 Å². The standard InChI is InChI=1S/C20H35NO.C7H5ClO/c1-2-3-4-5-6-7-8-9-10-11-12-16-19-22-21-20-17-14-13-15-18-20;8-7(9)6-4-2-1-3-5-6/h13-15,17-18,21H,2-12,16,19H2,1H3;1-5H. The normalized spacial score (nSPS) is 10.3. The Morgan fingerprint density at radius 3 is 1.61 bits per heavy atom. The van der Waals surface area contributed by atoms with E-state index in [0.29, 0.717) is 5.56 Å². The molecule has 0 saturated heterocycles. The van der Waals surface area contributed by atoms with E-state index < -0.39 is 5.24 Å². The van der Waals surface area contributed by atoms with Crippen LogP contribution in [0.3, 0.4) is 0 Å². The fourth-order valence-corrected chi connectivity index (χ4v) is 3.35. The number of halogens is 1. The van der Waals surface area contributed by atoms with Gasteiger partial charge in [-0.05, 0) is 30.2 Å². The van der Waals surface area contributed by atoms with Crippen LogP contribution in [0, 0.1) is 0 Å². The predicted molar refractivity (Wildman–Crippen MR) is 134 cm³/mol. The average Bonchev–Trinajstić information content (AvgIpc) is 2.81. The first-order valence-electron chi connectivity index (χ1n) is 11.9. The van der Waals surface area contributed by atoms with Crippen molar-refractivity contribution in [2.24, 2.45) is 0 Å². The molecule has 172 valence electrons. The molecular formula is C27H40ClNO2. The molecule has 0 aliphatic rings. The molecular weight excluding hydrogens is 406 g/mol. The summed E-state index contributed by atoms with van der Waals surface area (Å²) in [4.78, 5) is 15.9. The van der Waals surface area contributed by atoms with Gasteiger partial charge in [-0.25, -0.2) is 0 Å². The van der Waals surface area contributed by atoms with Crippen LogP contribution >= 0.6 is 11.6 Å². The van der Waals surface area contributed by atoms with Crippen LogP contribution in [-0.2, 0) is 4.84 Å². The summed E-state index contributed by atoms with van der Waals surface area (Å²) in [6.45, 7) is 3.08. The molecule has 0 saturated carbocycles. The second-order valence-electron chi connectivity index (χ2n) is 7.85. The molecule has 0 aliphatic carbocycles. The highest BCUT2D eigenvalue weighted by Gasteiger charge is 1.96. The number of unbranched alkanes of at least 4 members (excludes halogenated alkanes) is 11. The van der Waals surface area contributed by atoms with Gasteiger partial charge in [-0.2, -0.15) is 0 Å². The highest BCUT2D eigenvalue weighted by atomic mass is 35.5. The van der Waals surface area contributed by atoms with Gasteiger partial charge in [-0.3, -0.25) is 15.1 Å². The minimum atomic E-state index is -0.407. The summed E-state index contributed by atoms with van der Waals surface area (Å²) in [5.41, 5.74) is 4.55. The molecule has 0 aliphatic heterocycles. The molecule has 0 aromatic heterocycles. The number of rotatable bonds is 16. The summed E-state index contributed by atoms with van der Waals surface area (Å²) in [5, 5.41) is -0.407. The number of para-hydroxylation sites is 1. The van der Waals surface area contributed by atoms with E-state index in [-0.39, 0.29) is 0 Å². The fraction of sp³-hybridized carbons (Fsp3) is 0.519. The molecule has 0 atom stereocenters. The summed E-state index contributed by atoms with van der Waals surface area (Å²) in [6, 6.07) is 18.8. The first kappa shape index (κ1) is 27.2. The minimum Gasteiger partial charge on any atom is -0.276 e. The first-order valence-corrected chi connectivity index (χ1v) is 12.3. The van der Waals surface area contributed by atoms with Crippen LogP contribution in [-0.4, -0.2) is 11.8 Å². The van der Waals surface area contributed by atoms with Crippen LogP contribution in [0.2, 0.25) is 0 Å². The third kappa shape index (κ3) is 16.5. The van der Waals surface area contributed by atoms with E-state index in [1.807, 2.05) is 36.4 Å². The lowest BCUT2D eigenvalue weighted by Crippen LogP contribution is -2.02. The molecule has 3 nitrogen and oxygen atoms in total. The van der Waals surface area contributed by atoms with Gasteiger partial charge in [0.05, 0.1) is 12.3 Å². The Hall–Kier alpha value is -1.84. The number of hydrogen-bond acceptors (Lipinski definition) is 3. The summed E-state index contributed by atoms with van der Waals surface area (Å²) in [7, 11) is 0. The number of benzene rings is 2. The van der Waals surface area contributed by atoms with E-state index in [1.54, 1.807) is 24.3 Å². The van der Waals surface area contributed by atoms with Gasteiger partial charge in [-0.1, -0.05) is 126 Å². The van der Waals surface area contributed by atoms with Gasteiger partial charge in [0.25, 0.3) is 5.24 Å². The molecule has 31 heavy (non-hydrogen) atoms. The molecule has 2 rings (SSSR count). The van der Waals surface area contributed by atoms with Crippen LogP contribution in [0.4, 0.5) is 5.69 Å². The predicted octanol–water partition coefficient (Wildman–Crippen LogP) is 8.80.